The molecule has 35 heavy (non-hydrogen) atoms. The van der Waals surface area contributed by atoms with Crippen LogP contribution in [-0.4, -0.2) is 27.5 Å². The Morgan fingerprint density at radius 2 is 1.49 bits per heavy atom. The van der Waals surface area contributed by atoms with Crippen molar-refractivity contribution >= 4 is 5.82 Å². The molecule has 0 radical (unpaired) electrons. The maximum Gasteiger partial charge on any atom is 0.162 e. The second kappa shape index (κ2) is 9.57. The predicted molar refractivity (Wildman–Crippen MR) is 138 cm³/mol. The van der Waals surface area contributed by atoms with E-state index in [0.717, 1.165) is 52.1 Å². The third-order valence-electron chi connectivity index (χ3n) is 7.49. The predicted octanol–water partition coefficient (Wildman–Crippen LogP) is 7.17. The summed E-state index contributed by atoms with van der Waals surface area (Å²) in [5.74, 6) is 2.27. The lowest BCUT2D eigenvalue weighted by atomic mass is 9.78. The van der Waals surface area contributed by atoms with Crippen molar-refractivity contribution in [1.29, 1.82) is 0 Å². The summed E-state index contributed by atoms with van der Waals surface area (Å²) in [6, 6.07) is 21.5. The Kier molecular flexibility index (Phi) is 5.99. The molecule has 2 unspecified atom stereocenters. The Hall–Kier alpha value is -3.60. The van der Waals surface area contributed by atoms with Crippen LogP contribution in [0, 0.1) is 11.7 Å². The highest BCUT2D eigenvalue weighted by Crippen LogP contribution is 2.38. The maximum atomic E-state index is 13.5. The van der Waals surface area contributed by atoms with E-state index in [0.29, 0.717) is 6.04 Å². The van der Waals surface area contributed by atoms with Crippen molar-refractivity contribution in [1.82, 2.24) is 15.0 Å². The largest absolute Gasteiger partial charge is 0.353 e. The average molecular weight is 465 g/mol. The van der Waals surface area contributed by atoms with Crippen LogP contribution in [0.3, 0.4) is 0 Å². The quantitative estimate of drug-likeness (QED) is 0.321. The molecule has 2 aromatic carbocycles. The van der Waals surface area contributed by atoms with Crippen LogP contribution in [-0.2, 0) is 0 Å². The normalized spacial score (nSPS) is 19.9. The van der Waals surface area contributed by atoms with Crippen LogP contribution < -0.4 is 4.90 Å². The first-order valence-electron chi connectivity index (χ1n) is 12.7. The van der Waals surface area contributed by atoms with Crippen LogP contribution in [0.25, 0.3) is 33.8 Å². The van der Waals surface area contributed by atoms with Gasteiger partial charge in [-0.3, -0.25) is 4.98 Å². The van der Waals surface area contributed by atoms with Gasteiger partial charge in [0.25, 0.3) is 0 Å². The number of pyridine rings is 1. The standard InChI is InChI=1S/C30H29FN4/c31-26-14-12-21(13-15-26)24-17-25(20-32-19-24)27-18-29(34-30(33-27)23-8-2-1-3-9-23)35-16-6-10-22-7-4-5-11-28(22)35/h1-3,8-9,12-15,17-20,22,28H,4-7,10-11,16H2. The van der Waals surface area contributed by atoms with Gasteiger partial charge >= 0.3 is 0 Å². The van der Waals surface area contributed by atoms with Gasteiger partial charge in [0.2, 0.25) is 0 Å². The molecular formula is C30H29FN4. The summed E-state index contributed by atoms with van der Waals surface area (Å²) in [6.07, 6.45) is 11.4. The molecule has 5 heteroatoms. The molecule has 176 valence electrons. The first kappa shape index (κ1) is 21.9. The first-order chi connectivity index (χ1) is 17.2. The van der Waals surface area contributed by atoms with E-state index in [1.54, 1.807) is 12.1 Å². The lowest BCUT2D eigenvalue weighted by Gasteiger charge is -2.45. The summed E-state index contributed by atoms with van der Waals surface area (Å²) in [5, 5.41) is 0. The molecule has 1 saturated heterocycles. The van der Waals surface area contributed by atoms with Gasteiger partial charge in [-0.2, -0.15) is 0 Å². The van der Waals surface area contributed by atoms with Crippen molar-refractivity contribution in [3.8, 4) is 33.8 Å². The second-order valence-corrected chi connectivity index (χ2v) is 9.72. The Morgan fingerprint density at radius 1 is 0.714 bits per heavy atom. The number of hydrogen-bond donors (Lipinski definition) is 0. The fourth-order valence-corrected chi connectivity index (χ4v) is 5.74. The fraction of sp³-hybridized carbons (Fsp3) is 0.300. The molecule has 2 aliphatic rings. The molecule has 0 spiro atoms. The van der Waals surface area contributed by atoms with Gasteiger partial charge in [-0.1, -0.05) is 55.3 Å². The zero-order valence-electron chi connectivity index (χ0n) is 19.8. The van der Waals surface area contributed by atoms with Crippen molar-refractivity contribution in [2.45, 2.75) is 44.6 Å². The minimum absolute atomic E-state index is 0.242. The zero-order valence-corrected chi connectivity index (χ0v) is 19.8. The van der Waals surface area contributed by atoms with E-state index >= 15 is 0 Å². The molecule has 4 aromatic rings. The van der Waals surface area contributed by atoms with Crippen LogP contribution >= 0.6 is 0 Å². The van der Waals surface area contributed by atoms with E-state index in [4.69, 9.17) is 9.97 Å². The Morgan fingerprint density at radius 3 is 2.34 bits per heavy atom. The molecule has 2 aromatic heterocycles. The highest BCUT2D eigenvalue weighted by molar-refractivity contribution is 5.73. The highest BCUT2D eigenvalue weighted by atomic mass is 19.1. The fourth-order valence-electron chi connectivity index (χ4n) is 5.74. The number of anilines is 1. The monoisotopic (exact) mass is 464 g/mol. The third kappa shape index (κ3) is 4.55. The molecule has 0 amide bonds. The second-order valence-electron chi connectivity index (χ2n) is 9.72. The van der Waals surface area contributed by atoms with Crippen molar-refractivity contribution in [3.05, 3.63) is 84.9 Å². The number of piperidine rings is 1. The SMILES string of the molecule is Fc1ccc(-c2cncc(-c3cc(N4CCCC5CCCCC54)nc(-c4ccccc4)n3)c2)cc1. The number of halogens is 1. The topological polar surface area (TPSA) is 41.9 Å². The van der Waals surface area contributed by atoms with Crippen molar-refractivity contribution in [2.24, 2.45) is 5.92 Å². The van der Waals surface area contributed by atoms with Crippen molar-refractivity contribution in [3.63, 3.8) is 0 Å². The number of benzene rings is 2. The number of aromatic nitrogens is 3. The highest BCUT2D eigenvalue weighted by Gasteiger charge is 2.34. The van der Waals surface area contributed by atoms with Gasteiger partial charge < -0.3 is 4.90 Å². The Labute approximate surface area is 205 Å². The Balaban J connectivity index is 1.44. The number of nitrogens with zero attached hydrogens (tertiary/aromatic N) is 4. The summed E-state index contributed by atoms with van der Waals surface area (Å²) in [7, 11) is 0. The summed E-state index contributed by atoms with van der Waals surface area (Å²) < 4.78 is 13.5. The summed E-state index contributed by atoms with van der Waals surface area (Å²) >= 11 is 0. The van der Waals surface area contributed by atoms with E-state index in [-0.39, 0.29) is 5.82 Å². The minimum atomic E-state index is -0.242. The number of hydrogen-bond acceptors (Lipinski definition) is 4. The van der Waals surface area contributed by atoms with Gasteiger partial charge in [-0.15, -0.1) is 0 Å². The van der Waals surface area contributed by atoms with Gasteiger partial charge in [-0.25, -0.2) is 14.4 Å². The summed E-state index contributed by atoms with van der Waals surface area (Å²) in [5.41, 5.74) is 4.68. The van der Waals surface area contributed by atoms with Crippen LogP contribution in [0.4, 0.5) is 10.2 Å². The van der Waals surface area contributed by atoms with Crippen LogP contribution in [0.5, 0.6) is 0 Å². The molecule has 4 nitrogen and oxygen atoms in total. The van der Waals surface area contributed by atoms with Crippen LogP contribution in [0.1, 0.15) is 38.5 Å². The Bertz CT molecular complexity index is 1300. The van der Waals surface area contributed by atoms with E-state index in [1.165, 1.54) is 50.7 Å². The zero-order chi connectivity index (χ0) is 23.6. The molecule has 1 saturated carbocycles. The molecule has 1 aliphatic carbocycles. The smallest absolute Gasteiger partial charge is 0.162 e. The van der Waals surface area contributed by atoms with E-state index in [2.05, 4.69) is 34.1 Å². The lowest BCUT2D eigenvalue weighted by Crippen LogP contribution is -2.47. The molecule has 2 atom stereocenters. The molecular weight excluding hydrogens is 435 g/mol. The first-order valence-corrected chi connectivity index (χ1v) is 12.7. The lowest BCUT2D eigenvalue weighted by molar-refractivity contribution is 0.243. The van der Waals surface area contributed by atoms with Crippen molar-refractivity contribution < 1.29 is 4.39 Å². The number of rotatable bonds is 4. The van der Waals surface area contributed by atoms with Gasteiger partial charge in [0.1, 0.15) is 11.6 Å². The average Bonchev–Trinajstić information content (AvgIpc) is 2.93. The number of fused-ring (bicyclic) bond motifs is 1. The molecule has 0 bridgehead atoms. The third-order valence-corrected chi connectivity index (χ3v) is 7.49. The van der Waals surface area contributed by atoms with E-state index in [9.17, 15) is 4.39 Å². The van der Waals surface area contributed by atoms with Gasteiger partial charge in [0.15, 0.2) is 5.82 Å². The molecule has 2 fully saturated rings. The molecule has 3 heterocycles. The van der Waals surface area contributed by atoms with Crippen molar-refractivity contribution in [2.75, 3.05) is 11.4 Å². The van der Waals surface area contributed by atoms with E-state index in [1.807, 2.05) is 30.6 Å². The molecule has 1 aliphatic heterocycles. The summed E-state index contributed by atoms with van der Waals surface area (Å²) in [6.45, 7) is 1.04. The van der Waals surface area contributed by atoms with Gasteiger partial charge in [0, 0.05) is 47.7 Å². The van der Waals surface area contributed by atoms with Crippen LogP contribution in [0.15, 0.2) is 79.1 Å². The minimum Gasteiger partial charge on any atom is -0.353 e. The molecule has 6 rings (SSSR count). The molecule has 0 N–H and O–H groups in total. The van der Waals surface area contributed by atoms with Gasteiger partial charge in [0.05, 0.1) is 5.69 Å². The van der Waals surface area contributed by atoms with Crippen LogP contribution in [0.2, 0.25) is 0 Å². The van der Waals surface area contributed by atoms with E-state index < -0.39 is 0 Å². The summed E-state index contributed by atoms with van der Waals surface area (Å²) in [4.78, 5) is 17.1. The maximum absolute atomic E-state index is 13.5. The van der Waals surface area contributed by atoms with Gasteiger partial charge in [-0.05, 0) is 55.4 Å².